The molecule has 0 radical (unpaired) electrons. The number of rotatable bonds is 8. The molecule has 1 fully saturated rings. The normalized spacial score (nSPS) is 22.4. The van der Waals surface area contributed by atoms with Crippen LogP contribution in [0.15, 0.2) is 42.0 Å². The molecular weight excluding hydrogens is 448 g/mol. The van der Waals surface area contributed by atoms with Crippen molar-refractivity contribution in [1.29, 1.82) is 0 Å². The molecule has 2 aliphatic rings. The molecule has 1 N–H and O–H groups in total. The Balaban J connectivity index is 1.58. The van der Waals surface area contributed by atoms with E-state index >= 15 is 0 Å². The number of hydrogen-bond donors (Lipinski definition) is 1. The number of carbonyl (C=O) groups is 3. The fraction of sp³-hybridized carbons (Fsp3) is 0.577. The zero-order chi connectivity index (χ0) is 25.1. The Morgan fingerprint density at radius 1 is 1.15 bits per heavy atom. The number of hydrogen-bond acceptors (Lipinski definition) is 5. The van der Waals surface area contributed by atoms with Gasteiger partial charge in [-0.1, -0.05) is 57.2 Å². The maximum Gasteiger partial charge on any atom is 0.410 e. The summed E-state index contributed by atoms with van der Waals surface area (Å²) in [5, 5.41) is 2.94. The van der Waals surface area contributed by atoms with Crippen LogP contribution in [-0.2, 0) is 25.4 Å². The molecule has 186 valence electrons. The minimum atomic E-state index is -1.42. The Morgan fingerprint density at radius 2 is 1.82 bits per heavy atom. The van der Waals surface area contributed by atoms with Gasteiger partial charge < -0.3 is 19.4 Å². The number of β-lactam (4-membered cyclic amide) rings is 1. The first-order valence-electron chi connectivity index (χ1n) is 12.1. The minimum Gasteiger partial charge on any atom is -0.445 e. The molecule has 0 saturated carbocycles. The number of ether oxygens (including phenoxy) is 1. The third-order valence-corrected chi connectivity index (χ3v) is 7.97. The highest BCUT2D eigenvalue weighted by molar-refractivity contribution is 6.48. The van der Waals surface area contributed by atoms with Gasteiger partial charge in [-0.05, 0) is 43.0 Å². The molecule has 0 aliphatic carbocycles. The molecule has 3 atom stereocenters. The lowest BCUT2D eigenvalue weighted by Crippen LogP contribution is -2.70. The van der Waals surface area contributed by atoms with Gasteiger partial charge in [-0.25, -0.2) is 4.79 Å². The van der Waals surface area contributed by atoms with E-state index in [1.807, 2.05) is 43.3 Å². The van der Waals surface area contributed by atoms with E-state index in [9.17, 15) is 14.4 Å². The van der Waals surface area contributed by atoms with Crippen LogP contribution in [0.25, 0.3) is 0 Å². The van der Waals surface area contributed by atoms with E-state index in [-0.39, 0.29) is 48.2 Å². The smallest absolute Gasteiger partial charge is 0.410 e. The van der Waals surface area contributed by atoms with Crippen molar-refractivity contribution in [2.24, 2.45) is 11.3 Å². The van der Waals surface area contributed by atoms with Crippen LogP contribution in [0, 0.1) is 11.3 Å². The SMILES string of the molecule is C[SiH](C)O[C@](C)([C@H]1C(=O)N[C@@H]1CC(=O)C1=CCN(C(=O)OCc2ccccc2)CC1)C(C)(C)C. The number of nitrogens with one attached hydrogen (secondary N) is 1. The zero-order valence-corrected chi connectivity index (χ0v) is 22.4. The van der Waals surface area contributed by atoms with E-state index in [0.29, 0.717) is 25.1 Å². The lowest BCUT2D eigenvalue weighted by atomic mass is 9.63. The van der Waals surface area contributed by atoms with E-state index in [4.69, 9.17) is 9.16 Å². The first-order valence-corrected chi connectivity index (χ1v) is 14.9. The van der Waals surface area contributed by atoms with Gasteiger partial charge in [0.05, 0.1) is 17.6 Å². The summed E-state index contributed by atoms with van der Waals surface area (Å²) in [4.78, 5) is 39.6. The first kappa shape index (κ1) is 26.2. The molecule has 1 aromatic carbocycles. The Bertz CT molecular complexity index is 940. The van der Waals surface area contributed by atoms with Crippen molar-refractivity contribution < 1.29 is 23.5 Å². The van der Waals surface area contributed by atoms with Crippen molar-refractivity contribution in [3.63, 3.8) is 0 Å². The molecule has 1 aromatic rings. The van der Waals surface area contributed by atoms with Gasteiger partial charge in [0.2, 0.25) is 5.91 Å². The molecule has 34 heavy (non-hydrogen) atoms. The third-order valence-electron chi connectivity index (χ3n) is 7.01. The minimum absolute atomic E-state index is 0.0188. The average molecular weight is 487 g/mol. The van der Waals surface area contributed by atoms with Gasteiger partial charge in [0.1, 0.15) is 6.61 Å². The molecule has 2 amide bonds. The van der Waals surface area contributed by atoms with Crippen LogP contribution in [0.2, 0.25) is 13.1 Å². The highest BCUT2D eigenvalue weighted by Crippen LogP contribution is 2.45. The molecule has 0 spiro atoms. The van der Waals surface area contributed by atoms with Crippen LogP contribution >= 0.6 is 0 Å². The average Bonchev–Trinajstić information content (AvgIpc) is 2.76. The van der Waals surface area contributed by atoms with E-state index in [1.54, 1.807) is 4.90 Å². The number of Topliss-reactive ketones (excluding diaryl/α,β-unsaturated/α-hetero) is 1. The van der Waals surface area contributed by atoms with Gasteiger partial charge in [-0.2, -0.15) is 0 Å². The van der Waals surface area contributed by atoms with Crippen molar-refractivity contribution in [2.75, 3.05) is 13.1 Å². The highest BCUT2D eigenvalue weighted by atomic mass is 28.3. The topological polar surface area (TPSA) is 84.9 Å². The van der Waals surface area contributed by atoms with E-state index in [2.05, 4.69) is 39.2 Å². The van der Waals surface area contributed by atoms with Crippen LogP contribution in [0.3, 0.4) is 0 Å². The Hall–Kier alpha value is -2.45. The summed E-state index contributed by atoms with van der Waals surface area (Å²) in [5.74, 6) is -0.389. The van der Waals surface area contributed by atoms with Gasteiger partial charge >= 0.3 is 6.09 Å². The summed E-state index contributed by atoms with van der Waals surface area (Å²) in [5.41, 5.74) is 0.756. The summed E-state index contributed by atoms with van der Waals surface area (Å²) in [6.07, 6.45) is 2.16. The predicted molar refractivity (Wildman–Crippen MR) is 134 cm³/mol. The maximum absolute atomic E-state index is 13.1. The van der Waals surface area contributed by atoms with E-state index in [0.717, 1.165) is 5.56 Å². The van der Waals surface area contributed by atoms with E-state index in [1.165, 1.54) is 0 Å². The molecule has 1 saturated heterocycles. The number of ketones is 1. The van der Waals surface area contributed by atoms with Crippen molar-refractivity contribution in [1.82, 2.24) is 10.2 Å². The Morgan fingerprint density at radius 3 is 2.35 bits per heavy atom. The van der Waals surface area contributed by atoms with E-state index < -0.39 is 14.6 Å². The molecule has 0 aromatic heterocycles. The van der Waals surface area contributed by atoms with Gasteiger partial charge in [0, 0.05) is 19.5 Å². The lowest BCUT2D eigenvalue weighted by molar-refractivity contribution is -0.160. The van der Waals surface area contributed by atoms with Gasteiger partial charge in [0.15, 0.2) is 14.8 Å². The second-order valence-electron chi connectivity index (χ2n) is 10.7. The quantitative estimate of drug-likeness (QED) is 0.446. The third kappa shape index (κ3) is 5.78. The summed E-state index contributed by atoms with van der Waals surface area (Å²) in [7, 11) is -1.42. The van der Waals surface area contributed by atoms with Crippen molar-refractivity contribution in [3.8, 4) is 0 Å². The summed E-state index contributed by atoms with van der Waals surface area (Å²) < 4.78 is 11.8. The van der Waals surface area contributed by atoms with Crippen LogP contribution in [0.1, 0.15) is 46.1 Å². The Labute approximate surface area is 204 Å². The summed E-state index contributed by atoms with van der Waals surface area (Å²) in [6, 6.07) is 9.30. The summed E-state index contributed by atoms with van der Waals surface area (Å²) in [6.45, 7) is 13.5. The number of benzene rings is 1. The highest BCUT2D eigenvalue weighted by Gasteiger charge is 2.57. The van der Waals surface area contributed by atoms with Crippen LogP contribution in [0.5, 0.6) is 0 Å². The van der Waals surface area contributed by atoms with Gasteiger partial charge in [0.25, 0.3) is 0 Å². The number of amides is 2. The maximum atomic E-state index is 13.1. The summed E-state index contributed by atoms with van der Waals surface area (Å²) >= 11 is 0. The van der Waals surface area contributed by atoms with Crippen molar-refractivity contribution in [2.45, 2.75) is 71.9 Å². The molecule has 2 heterocycles. The largest absolute Gasteiger partial charge is 0.445 e. The standard InChI is InChI=1S/C26H38N2O5Si/c1-25(2,3)26(4,33-34(5)6)22-20(27-23(22)30)16-21(29)19-12-14-28(15-13-19)24(31)32-17-18-10-8-7-9-11-18/h7-12,20,22,34H,13-17H2,1-6H3,(H,27,30)/t20-,22-,26-/m1/s1. The predicted octanol–water partition coefficient (Wildman–Crippen LogP) is 3.83. The number of carbonyl (C=O) groups excluding carboxylic acids is 3. The fourth-order valence-electron chi connectivity index (χ4n) is 4.68. The van der Waals surface area contributed by atoms with Crippen molar-refractivity contribution in [3.05, 3.63) is 47.5 Å². The molecular formula is C26H38N2O5Si. The second-order valence-corrected chi connectivity index (χ2v) is 13.0. The molecule has 7 nitrogen and oxygen atoms in total. The monoisotopic (exact) mass is 486 g/mol. The van der Waals surface area contributed by atoms with Crippen molar-refractivity contribution >= 4 is 26.8 Å². The Kier molecular flexibility index (Phi) is 8.03. The first-order chi connectivity index (χ1) is 15.9. The molecule has 8 heteroatoms. The fourth-order valence-corrected chi connectivity index (χ4v) is 6.16. The molecule has 0 unspecified atom stereocenters. The zero-order valence-electron chi connectivity index (χ0n) is 21.2. The van der Waals surface area contributed by atoms with Gasteiger partial charge in [-0.3, -0.25) is 9.59 Å². The van der Waals surface area contributed by atoms with Crippen LogP contribution in [-0.4, -0.2) is 56.5 Å². The van der Waals surface area contributed by atoms with Crippen LogP contribution in [0.4, 0.5) is 4.79 Å². The number of nitrogens with zero attached hydrogens (tertiary/aromatic N) is 1. The molecule has 2 aliphatic heterocycles. The van der Waals surface area contributed by atoms with Crippen LogP contribution < -0.4 is 5.32 Å². The molecule has 0 bridgehead atoms. The van der Waals surface area contributed by atoms with Gasteiger partial charge in [-0.15, -0.1) is 0 Å². The second kappa shape index (κ2) is 10.4. The molecule has 3 rings (SSSR count). The lowest BCUT2D eigenvalue weighted by Gasteiger charge is -2.54.